The van der Waals surface area contributed by atoms with Crippen molar-refractivity contribution in [3.05, 3.63) is 53.4 Å². The average Bonchev–Trinajstić information content (AvgIpc) is 3.34. The molecule has 3 aromatic rings. The summed E-state index contributed by atoms with van der Waals surface area (Å²) in [4.78, 5) is 25.2. The summed E-state index contributed by atoms with van der Waals surface area (Å²) in [7, 11) is 6.06. The zero-order valence-electron chi connectivity index (χ0n) is 21.0. The van der Waals surface area contributed by atoms with Crippen LogP contribution in [-0.4, -0.2) is 68.3 Å². The van der Waals surface area contributed by atoms with Gasteiger partial charge >= 0.3 is 6.09 Å². The van der Waals surface area contributed by atoms with Crippen molar-refractivity contribution in [2.45, 2.75) is 13.3 Å². The van der Waals surface area contributed by atoms with Crippen LogP contribution in [0.25, 0.3) is 11.4 Å². The van der Waals surface area contributed by atoms with Crippen LogP contribution >= 0.6 is 11.8 Å². The third-order valence-corrected chi connectivity index (χ3v) is 5.73. The molecule has 0 saturated carbocycles. The fourth-order valence-corrected chi connectivity index (χ4v) is 3.89. The molecule has 1 heterocycles. The Morgan fingerprint density at radius 1 is 1.08 bits per heavy atom. The smallest absolute Gasteiger partial charge is 0.434 e. The first-order valence-electron chi connectivity index (χ1n) is 10.9. The van der Waals surface area contributed by atoms with E-state index in [1.807, 2.05) is 36.6 Å². The summed E-state index contributed by atoms with van der Waals surface area (Å²) in [6.07, 6.45) is 1.67. The van der Waals surface area contributed by atoms with E-state index in [9.17, 15) is 4.79 Å². The van der Waals surface area contributed by atoms with Gasteiger partial charge in [-0.25, -0.2) is 9.79 Å². The van der Waals surface area contributed by atoms with E-state index in [2.05, 4.69) is 15.1 Å². The van der Waals surface area contributed by atoms with Gasteiger partial charge in [0.05, 0.1) is 33.6 Å². The fourth-order valence-electron chi connectivity index (χ4n) is 3.37. The summed E-state index contributed by atoms with van der Waals surface area (Å²) in [6, 6.07) is 11.1. The summed E-state index contributed by atoms with van der Waals surface area (Å²) < 4.78 is 26.3. The van der Waals surface area contributed by atoms with Crippen molar-refractivity contribution in [1.29, 1.82) is 0 Å². The van der Waals surface area contributed by atoms with E-state index >= 15 is 0 Å². The molecule has 0 N–H and O–H groups in total. The molecular formula is C25H28N4O6S. The zero-order chi connectivity index (χ0) is 26.1. The highest BCUT2D eigenvalue weighted by Gasteiger charge is 2.20. The highest BCUT2D eigenvalue weighted by molar-refractivity contribution is 8.15. The van der Waals surface area contributed by atoms with Gasteiger partial charge in [0.25, 0.3) is 0 Å². The monoisotopic (exact) mass is 512 g/mol. The normalized spacial score (nSPS) is 11.9. The van der Waals surface area contributed by atoms with E-state index in [0.717, 1.165) is 11.1 Å². The second-order valence-corrected chi connectivity index (χ2v) is 8.14. The zero-order valence-corrected chi connectivity index (χ0v) is 21.8. The van der Waals surface area contributed by atoms with Crippen molar-refractivity contribution in [3.8, 4) is 22.9 Å². The Hall–Kier alpha value is -3.70. The number of rotatable bonds is 9. The van der Waals surface area contributed by atoms with Gasteiger partial charge in [-0.05, 0) is 49.1 Å². The Bertz CT molecular complexity index is 1250. The number of ether oxygens (including phenoxy) is 4. The predicted molar refractivity (Wildman–Crippen MR) is 139 cm³/mol. The molecule has 1 amide bonds. The highest BCUT2D eigenvalue weighted by Crippen LogP contribution is 2.34. The molecule has 11 heteroatoms. The van der Waals surface area contributed by atoms with Crippen LogP contribution in [0.4, 0.5) is 10.5 Å². The fraction of sp³-hybridized carbons (Fsp3) is 0.320. The maximum atomic E-state index is 12.0. The maximum Gasteiger partial charge on any atom is 0.434 e. The standard InChI is InChI=1S/C25H28N4O6S/c1-15-26-23(29-35-15)16-7-9-19(10-8-16)27-21(24(36-6)28-25(30)34-5)18-13-17(11-12-31-2)22(33-4)20(14-18)32-3/h7-10,13-14H,11-12H2,1-6H3. The van der Waals surface area contributed by atoms with Gasteiger partial charge in [0, 0.05) is 30.7 Å². The lowest BCUT2D eigenvalue weighted by Gasteiger charge is -2.16. The molecule has 1 aromatic heterocycles. The lowest BCUT2D eigenvalue weighted by Crippen LogP contribution is -2.15. The van der Waals surface area contributed by atoms with Crippen LogP contribution in [0.1, 0.15) is 17.0 Å². The number of nitrogens with zero attached hydrogens (tertiary/aromatic N) is 4. The number of methoxy groups -OCH3 is 4. The van der Waals surface area contributed by atoms with Crippen LogP contribution in [0.5, 0.6) is 11.5 Å². The number of amides is 1. The van der Waals surface area contributed by atoms with Crippen molar-refractivity contribution in [2.24, 2.45) is 9.98 Å². The summed E-state index contributed by atoms with van der Waals surface area (Å²) in [5.41, 5.74) is 3.44. The van der Waals surface area contributed by atoms with E-state index < -0.39 is 6.09 Å². The number of carbonyl (C=O) groups is 1. The Labute approximate surface area is 213 Å². The lowest BCUT2D eigenvalue weighted by molar-refractivity contribution is 0.183. The summed E-state index contributed by atoms with van der Waals surface area (Å²) in [5, 5.41) is 4.32. The van der Waals surface area contributed by atoms with E-state index in [1.54, 1.807) is 34.3 Å². The Kier molecular flexibility index (Phi) is 9.60. The Morgan fingerprint density at radius 2 is 1.83 bits per heavy atom. The van der Waals surface area contributed by atoms with Crippen molar-refractivity contribution in [3.63, 3.8) is 0 Å². The third-order valence-electron chi connectivity index (χ3n) is 5.06. The molecule has 0 saturated heterocycles. The second kappa shape index (κ2) is 12.8. The molecule has 0 aliphatic rings. The lowest BCUT2D eigenvalue weighted by atomic mass is 10.0. The predicted octanol–water partition coefficient (Wildman–Crippen LogP) is 4.90. The van der Waals surface area contributed by atoms with Gasteiger partial charge in [-0.1, -0.05) is 5.16 Å². The Balaban J connectivity index is 2.16. The quantitative estimate of drug-likeness (QED) is 0.291. The molecule has 190 valence electrons. The summed E-state index contributed by atoms with van der Waals surface area (Å²) in [5.74, 6) is 2.10. The van der Waals surface area contributed by atoms with Gasteiger partial charge < -0.3 is 23.5 Å². The van der Waals surface area contributed by atoms with E-state index in [0.29, 0.717) is 58.2 Å². The average molecular weight is 513 g/mol. The molecule has 0 fully saturated rings. The first-order chi connectivity index (χ1) is 17.4. The number of aromatic nitrogens is 2. The topological polar surface area (TPSA) is 118 Å². The summed E-state index contributed by atoms with van der Waals surface area (Å²) in [6.45, 7) is 2.22. The molecule has 0 spiro atoms. The molecule has 0 aliphatic heterocycles. The van der Waals surface area contributed by atoms with E-state index in [-0.39, 0.29) is 0 Å². The van der Waals surface area contributed by atoms with Crippen LogP contribution in [-0.2, 0) is 15.9 Å². The van der Waals surface area contributed by atoms with Crippen LogP contribution < -0.4 is 9.47 Å². The summed E-state index contributed by atoms with van der Waals surface area (Å²) >= 11 is 1.27. The number of aliphatic imine (C=N–C) groups is 2. The molecule has 0 radical (unpaired) electrons. The van der Waals surface area contributed by atoms with E-state index in [1.165, 1.54) is 18.9 Å². The first kappa shape index (κ1) is 26.9. The second-order valence-electron chi connectivity index (χ2n) is 7.35. The molecule has 3 rings (SSSR count). The number of carbonyl (C=O) groups excluding carboxylic acids is 1. The molecule has 0 atom stereocenters. The van der Waals surface area contributed by atoms with Gasteiger partial charge in [-0.2, -0.15) is 9.98 Å². The number of benzene rings is 2. The molecule has 0 aliphatic carbocycles. The number of aryl methyl sites for hydroxylation is 1. The van der Waals surface area contributed by atoms with Gasteiger partial charge in [-0.15, -0.1) is 11.8 Å². The van der Waals surface area contributed by atoms with Gasteiger partial charge in [0.1, 0.15) is 10.8 Å². The molecule has 10 nitrogen and oxygen atoms in total. The van der Waals surface area contributed by atoms with Crippen molar-refractivity contribution >= 4 is 34.3 Å². The van der Waals surface area contributed by atoms with Crippen LogP contribution in [0.2, 0.25) is 0 Å². The van der Waals surface area contributed by atoms with Crippen LogP contribution in [0, 0.1) is 6.92 Å². The number of hydrogen-bond acceptors (Lipinski definition) is 10. The maximum absolute atomic E-state index is 12.0. The largest absolute Gasteiger partial charge is 0.493 e. The van der Waals surface area contributed by atoms with Gasteiger partial charge in [0.15, 0.2) is 11.5 Å². The number of hydrogen-bond donors (Lipinski definition) is 0. The highest BCUT2D eigenvalue weighted by atomic mass is 32.2. The molecule has 36 heavy (non-hydrogen) atoms. The third kappa shape index (κ3) is 6.49. The molecule has 0 unspecified atom stereocenters. The van der Waals surface area contributed by atoms with Crippen LogP contribution in [0.3, 0.4) is 0 Å². The minimum absolute atomic E-state index is 0.379. The van der Waals surface area contributed by atoms with Crippen molar-refractivity contribution < 1.29 is 28.3 Å². The molecule has 0 bridgehead atoms. The number of thioether (sulfide) groups is 1. The minimum Gasteiger partial charge on any atom is -0.493 e. The van der Waals surface area contributed by atoms with E-state index in [4.69, 9.17) is 28.5 Å². The van der Waals surface area contributed by atoms with Crippen LogP contribution in [0.15, 0.2) is 50.9 Å². The van der Waals surface area contributed by atoms with Gasteiger partial charge in [-0.3, -0.25) is 0 Å². The van der Waals surface area contributed by atoms with Gasteiger partial charge in [0.2, 0.25) is 11.7 Å². The van der Waals surface area contributed by atoms with Crippen molar-refractivity contribution in [2.75, 3.05) is 41.3 Å². The first-order valence-corrected chi connectivity index (χ1v) is 12.1. The minimum atomic E-state index is -0.727. The van der Waals surface area contributed by atoms with Crippen molar-refractivity contribution in [1.82, 2.24) is 10.1 Å². The molecular weight excluding hydrogens is 484 g/mol. The SMILES string of the molecule is COCCc1cc(C(=Nc2ccc(-c3noc(C)n3)cc2)C(=NC(=O)OC)SC)cc(OC)c1OC. The molecule has 2 aromatic carbocycles. The Morgan fingerprint density at radius 3 is 2.39 bits per heavy atom.